The summed E-state index contributed by atoms with van der Waals surface area (Å²) >= 11 is 5.63. The lowest BCUT2D eigenvalue weighted by atomic mass is 9.59. The first-order valence-corrected chi connectivity index (χ1v) is 11.0. The summed E-state index contributed by atoms with van der Waals surface area (Å²) in [6.45, 7) is -0.378. The molecular weight excluding hydrogens is 479 g/mol. The van der Waals surface area contributed by atoms with Crippen molar-refractivity contribution in [3.05, 3.63) is 46.6 Å². The van der Waals surface area contributed by atoms with Gasteiger partial charge in [0, 0.05) is 24.7 Å². The number of carbonyl (C=O) groups is 2. The van der Waals surface area contributed by atoms with Gasteiger partial charge in [-0.2, -0.15) is 0 Å². The molecule has 8 nitrogen and oxygen atoms in total. The van der Waals surface area contributed by atoms with Crippen LogP contribution in [0.1, 0.15) is 54.8 Å². The molecule has 3 aliphatic rings. The highest BCUT2D eigenvalue weighted by atomic mass is 35.5. The van der Waals surface area contributed by atoms with E-state index in [1.807, 2.05) is 0 Å². The number of halogens is 4. The Morgan fingerprint density at radius 1 is 1.32 bits per heavy atom. The minimum absolute atomic E-state index is 0.0621. The zero-order chi connectivity index (χ0) is 24.7. The molecule has 0 spiro atoms. The minimum Gasteiger partial charge on any atom is -0.484 e. The summed E-state index contributed by atoms with van der Waals surface area (Å²) in [7, 11) is 1.54. The Kier molecular flexibility index (Phi) is 6.52. The maximum Gasteiger partial charge on any atom is 0.292 e. The number of carbonyl (C=O) groups excluding carboxylic acids is 2. The van der Waals surface area contributed by atoms with Gasteiger partial charge in [-0.25, -0.2) is 13.2 Å². The van der Waals surface area contributed by atoms with Gasteiger partial charge in [0.25, 0.3) is 18.2 Å². The molecule has 1 atom stereocenters. The molecule has 3 fully saturated rings. The molecule has 3 aliphatic carbocycles. The number of fused-ring (bicyclic) bond motifs is 3. The van der Waals surface area contributed by atoms with E-state index >= 15 is 0 Å². The predicted octanol–water partition coefficient (Wildman–Crippen LogP) is 3.49. The van der Waals surface area contributed by atoms with Crippen molar-refractivity contribution in [1.82, 2.24) is 15.4 Å². The SMILES string of the molecule is CN(C(=O)c1cc(C(F)F)no1)C12CCC(NC(=O)COc3ccc(Cl)c(F)c3)(CC1)C(O)C2. The highest BCUT2D eigenvalue weighted by Crippen LogP contribution is 2.50. The van der Waals surface area contributed by atoms with Gasteiger partial charge in [0.1, 0.15) is 11.6 Å². The molecule has 3 saturated carbocycles. The van der Waals surface area contributed by atoms with Gasteiger partial charge in [0.05, 0.1) is 16.7 Å². The van der Waals surface area contributed by atoms with E-state index in [0.717, 1.165) is 12.1 Å². The number of nitrogens with zero attached hydrogens (tertiary/aromatic N) is 2. The molecule has 184 valence electrons. The Morgan fingerprint density at radius 3 is 2.62 bits per heavy atom. The van der Waals surface area contributed by atoms with Crippen LogP contribution in [0, 0.1) is 5.82 Å². The third-order valence-corrected chi connectivity index (χ3v) is 7.22. The minimum atomic E-state index is -2.85. The van der Waals surface area contributed by atoms with E-state index in [2.05, 4.69) is 10.5 Å². The molecule has 0 saturated heterocycles. The van der Waals surface area contributed by atoms with Crippen molar-refractivity contribution in [3.63, 3.8) is 0 Å². The lowest BCUT2D eigenvalue weighted by molar-refractivity contribution is -0.135. The fraction of sp³-hybridized carbons (Fsp3) is 0.500. The van der Waals surface area contributed by atoms with E-state index in [4.69, 9.17) is 20.9 Å². The number of aliphatic hydroxyl groups is 1. The maximum atomic E-state index is 13.5. The number of nitrogens with one attached hydrogen (secondary N) is 1. The van der Waals surface area contributed by atoms with Crippen molar-refractivity contribution in [2.45, 2.75) is 55.7 Å². The standard InChI is InChI=1S/C22H23ClF3N3O5/c1-29(20(32)16-9-15(19(25)26)28-34-16)21-4-6-22(7-5-21,17(30)10-21)27-18(31)11-33-12-2-3-13(23)14(24)8-12/h2-3,8-9,17,19,30H,4-7,10-11H2,1H3,(H,27,31). The van der Waals surface area contributed by atoms with Gasteiger partial charge in [0.15, 0.2) is 12.3 Å². The van der Waals surface area contributed by atoms with Crippen LogP contribution in [0.4, 0.5) is 13.2 Å². The molecule has 5 rings (SSSR count). The molecule has 2 amide bonds. The van der Waals surface area contributed by atoms with E-state index in [-0.39, 0.29) is 29.6 Å². The number of ether oxygens (including phenoxy) is 1. The predicted molar refractivity (Wildman–Crippen MR) is 113 cm³/mol. The van der Waals surface area contributed by atoms with E-state index < -0.39 is 46.9 Å². The zero-order valence-electron chi connectivity index (χ0n) is 18.2. The van der Waals surface area contributed by atoms with Gasteiger partial charge in [-0.15, -0.1) is 0 Å². The molecule has 1 aromatic carbocycles. The molecule has 1 heterocycles. The molecule has 0 radical (unpaired) electrons. The van der Waals surface area contributed by atoms with Gasteiger partial charge < -0.3 is 24.6 Å². The Bertz CT molecular complexity index is 1090. The van der Waals surface area contributed by atoms with Crippen molar-refractivity contribution < 1.29 is 37.1 Å². The number of rotatable bonds is 7. The third kappa shape index (κ3) is 4.46. The van der Waals surface area contributed by atoms with Crippen LogP contribution in [-0.4, -0.2) is 57.8 Å². The van der Waals surface area contributed by atoms with Crippen molar-refractivity contribution in [3.8, 4) is 5.75 Å². The Hall–Kier alpha value is -2.79. The van der Waals surface area contributed by atoms with Crippen LogP contribution in [0.3, 0.4) is 0 Å². The fourth-order valence-corrected chi connectivity index (χ4v) is 4.95. The van der Waals surface area contributed by atoms with Crippen molar-refractivity contribution >= 4 is 23.4 Å². The molecule has 12 heteroatoms. The summed E-state index contributed by atoms with van der Waals surface area (Å²) in [4.78, 5) is 26.8. The summed E-state index contributed by atoms with van der Waals surface area (Å²) in [6, 6.07) is 4.75. The number of hydrogen-bond acceptors (Lipinski definition) is 6. The first-order valence-electron chi connectivity index (χ1n) is 10.7. The monoisotopic (exact) mass is 501 g/mol. The molecular formula is C22H23ClF3N3O5. The van der Waals surface area contributed by atoms with Gasteiger partial charge in [-0.3, -0.25) is 9.59 Å². The van der Waals surface area contributed by atoms with E-state index in [9.17, 15) is 27.9 Å². The summed E-state index contributed by atoms with van der Waals surface area (Å²) in [5.41, 5.74) is -2.21. The quantitative estimate of drug-likeness (QED) is 0.602. The molecule has 2 N–H and O–H groups in total. The summed E-state index contributed by atoms with van der Waals surface area (Å²) in [5, 5.41) is 16.9. The number of alkyl halides is 2. The van der Waals surface area contributed by atoms with Crippen LogP contribution in [0.25, 0.3) is 0 Å². The number of amides is 2. The Labute approximate surface area is 198 Å². The lowest BCUT2D eigenvalue weighted by Gasteiger charge is -2.58. The summed E-state index contributed by atoms with van der Waals surface area (Å²) in [5.74, 6) is -1.90. The largest absolute Gasteiger partial charge is 0.484 e. The smallest absolute Gasteiger partial charge is 0.292 e. The first-order chi connectivity index (χ1) is 16.0. The van der Waals surface area contributed by atoms with Crippen LogP contribution < -0.4 is 10.1 Å². The van der Waals surface area contributed by atoms with Gasteiger partial charge >= 0.3 is 0 Å². The van der Waals surface area contributed by atoms with E-state index in [1.54, 1.807) is 0 Å². The van der Waals surface area contributed by atoms with Gasteiger partial charge in [-0.1, -0.05) is 16.8 Å². The second-order valence-corrected chi connectivity index (χ2v) is 9.20. The first kappa shape index (κ1) is 24.3. The highest BCUT2D eigenvalue weighted by Gasteiger charge is 2.57. The molecule has 1 aromatic heterocycles. The average Bonchev–Trinajstić information content (AvgIpc) is 3.31. The zero-order valence-corrected chi connectivity index (χ0v) is 18.9. The van der Waals surface area contributed by atoms with Crippen molar-refractivity contribution in [2.24, 2.45) is 0 Å². The van der Waals surface area contributed by atoms with Crippen LogP contribution in [-0.2, 0) is 4.79 Å². The number of aliphatic hydroxyl groups excluding tert-OH is 1. The average molecular weight is 502 g/mol. The molecule has 1 unspecified atom stereocenters. The van der Waals surface area contributed by atoms with E-state index in [0.29, 0.717) is 25.7 Å². The second kappa shape index (κ2) is 9.10. The van der Waals surface area contributed by atoms with Crippen LogP contribution in [0.5, 0.6) is 5.75 Å². The summed E-state index contributed by atoms with van der Waals surface area (Å²) in [6.07, 6.45) is -1.87. The van der Waals surface area contributed by atoms with Crippen LogP contribution >= 0.6 is 11.6 Å². The van der Waals surface area contributed by atoms with Gasteiger partial charge in [0.2, 0.25) is 5.76 Å². The topological polar surface area (TPSA) is 105 Å². The van der Waals surface area contributed by atoms with Gasteiger partial charge in [-0.05, 0) is 44.2 Å². The molecule has 34 heavy (non-hydrogen) atoms. The number of benzene rings is 1. The maximum absolute atomic E-state index is 13.5. The second-order valence-electron chi connectivity index (χ2n) is 8.79. The Balaban J connectivity index is 1.38. The highest BCUT2D eigenvalue weighted by molar-refractivity contribution is 6.30. The van der Waals surface area contributed by atoms with Crippen LogP contribution in [0.2, 0.25) is 5.02 Å². The number of aromatic nitrogens is 1. The normalized spacial score (nSPS) is 25.9. The van der Waals surface area contributed by atoms with E-state index in [1.165, 1.54) is 24.1 Å². The lowest BCUT2D eigenvalue weighted by Crippen LogP contribution is -2.70. The van der Waals surface area contributed by atoms with Crippen molar-refractivity contribution in [2.75, 3.05) is 13.7 Å². The molecule has 2 aromatic rings. The van der Waals surface area contributed by atoms with Crippen molar-refractivity contribution in [1.29, 1.82) is 0 Å². The summed E-state index contributed by atoms with van der Waals surface area (Å²) < 4.78 is 49.2. The van der Waals surface area contributed by atoms with Crippen LogP contribution in [0.15, 0.2) is 28.8 Å². The molecule has 2 bridgehead atoms. The Morgan fingerprint density at radius 2 is 2.03 bits per heavy atom. The number of hydrogen-bond donors (Lipinski definition) is 2. The molecule has 0 aliphatic heterocycles. The third-order valence-electron chi connectivity index (χ3n) is 6.91. The fourth-order valence-electron chi connectivity index (χ4n) is 4.84.